The minimum Gasteiger partial charge on any atom is -0.340 e. The average molecular weight is 558 g/mol. The molecule has 36 heavy (non-hydrogen) atoms. The van der Waals surface area contributed by atoms with E-state index in [0.717, 1.165) is 5.56 Å². The van der Waals surface area contributed by atoms with Crippen molar-refractivity contribution in [2.24, 2.45) is 0 Å². The highest BCUT2D eigenvalue weighted by Crippen LogP contribution is 2.48. The van der Waals surface area contributed by atoms with E-state index >= 15 is 0 Å². The van der Waals surface area contributed by atoms with Crippen molar-refractivity contribution in [2.75, 3.05) is 5.32 Å². The molecule has 0 radical (unpaired) electrons. The van der Waals surface area contributed by atoms with E-state index in [9.17, 15) is 14.0 Å². The highest BCUT2D eigenvalue weighted by atomic mass is 35.5. The van der Waals surface area contributed by atoms with Crippen LogP contribution in [0, 0.1) is 5.82 Å². The van der Waals surface area contributed by atoms with E-state index in [1.165, 1.54) is 33.8 Å². The van der Waals surface area contributed by atoms with Gasteiger partial charge in [-0.25, -0.2) is 9.37 Å². The number of piperidine rings is 1. The second-order valence-electron chi connectivity index (χ2n) is 8.28. The maximum atomic E-state index is 13.7. The summed E-state index contributed by atoms with van der Waals surface area (Å²) >= 11 is 18.3. The fourth-order valence-electron chi connectivity index (χ4n) is 4.42. The Labute approximate surface area is 226 Å². The Morgan fingerprint density at radius 2 is 1.86 bits per heavy atom. The maximum Gasteiger partial charge on any atom is 0.248 e. The molecule has 182 valence electrons. The Kier molecular flexibility index (Phi) is 6.78. The van der Waals surface area contributed by atoms with Crippen molar-refractivity contribution in [3.05, 3.63) is 110 Å². The molecular formula is C26H18Cl2FN3O2S2. The molecule has 0 spiro atoms. The van der Waals surface area contributed by atoms with Gasteiger partial charge in [-0.2, -0.15) is 11.3 Å². The van der Waals surface area contributed by atoms with Crippen LogP contribution in [0.25, 0.3) is 0 Å². The monoisotopic (exact) mass is 557 g/mol. The van der Waals surface area contributed by atoms with Crippen LogP contribution in [0.3, 0.4) is 0 Å². The Morgan fingerprint density at radius 3 is 2.58 bits per heavy atom. The molecule has 0 aliphatic carbocycles. The minimum absolute atomic E-state index is 0.0264. The van der Waals surface area contributed by atoms with E-state index in [-0.39, 0.29) is 17.2 Å². The third-order valence-corrected chi connectivity index (χ3v) is 8.00. The Hall–Kier alpha value is -2.91. The van der Waals surface area contributed by atoms with Crippen molar-refractivity contribution in [3.63, 3.8) is 0 Å². The first-order chi connectivity index (χ1) is 17.3. The second-order valence-corrected chi connectivity index (χ2v) is 10.3. The molecule has 0 saturated carbocycles. The molecule has 1 fully saturated rings. The molecule has 10 heteroatoms. The van der Waals surface area contributed by atoms with E-state index in [1.807, 2.05) is 16.8 Å². The summed E-state index contributed by atoms with van der Waals surface area (Å²) in [7, 11) is 0. The molecule has 5 rings (SSSR count). The van der Waals surface area contributed by atoms with E-state index in [2.05, 4.69) is 18.1 Å². The summed E-state index contributed by atoms with van der Waals surface area (Å²) in [6, 6.07) is 18.2. The average Bonchev–Trinajstić information content (AvgIpc) is 3.41. The zero-order valence-electron chi connectivity index (χ0n) is 18.5. The number of benzene rings is 2. The van der Waals surface area contributed by atoms with Crippen LogP contribution in [0.4, 0.5) is 15.9 Å². The summed E-state index contributed by atoms with van der Waals surface area (Å²) in [6.45, 7) is 0. The molecule has 2 aromatic heterocycles. The van der Waals surface area contributed by atoms with Crippen molar-refractivity contribution in [1.82, 2.24) is 9.29 Å². The Balaban J connectivity index is 1.58. The Morgan fingerprint density at radius 1 is 1.06 bits per heavy atom. The molecule has 2 atom stereocenters. The number of halogens is 3. The lowest BCUT2D eigenvalue weighted by Crippen LogP contribution is -2.54. The van der Waals surface area contributed by atoms with Crippen LogP contribution in [0.1, 0.15) is 29.2 Å². The molecule has 4 aromatic rings. The first-order valence-electron chi connectivity index (χ1n) is 10.8. The number of thiol groups is 1. The van der Waals surface area contributed by atoms with Crippen LogP contribution < -0.4 is 5.32 Å². The topological polar surface area (TPSA) is 62.3 Å². The number of anilines is 2. The zero-order chi connectivity index (χ0) is 25.4. The lowest BCUT2D eigenvalue weighted by atomic mass is 9.75. The summed E-state index contributed by atoms with van der Waals surface area (Å²) in [5.74, 6) is -1.93. The Bertz CT molecular complexity index is 1470. The number of hydrogen-bond acceptors (Lipinski definition) is 6. The normalized spacial score (nSPS) is 20.0. The van der Waals surface area contributed by atoms with Crippen LogP contribution in [-0.2, 0) is 15.1 Å². The third-order valence-electron chi connectivity index (χ3n) is 6.15. The minimum atomic E-state index is -1.24. The lowest BCUT2D eigenvalue weighted by Gasteiger charge is -2.45. The number of carbonyl (C=O) groups is 2. The number of hydrogen-bond donors (Lipinski definition) is 2. The molecule has 1 saturated heterocycles. The van der Waals surface area contributed by atoms with E-state index in [4.69, 9.17) is 28.2 Å². The van der Waals surface area contributed by atoms with Crippen molar-refractivity contribution < 1.29 is 14.0 Å². The second kappa shape index (κ2) is 9.86. The molecule has 1 N–H and O–H groups in total. The van der Waals surface area contributed by atoms with Crippen molar-refractivity contribution in [1.29, 1.82) is 0 Å². The summed E-state index contributed by atoms with van der Waals surface area (Å²) in [6.07, 6.45) is -0.0479. The molecule has 2 unspecified atom stereocenters. The summed E-state index contributed by atoms with van der Waals surface area (Å²) < 4.78 is 14.9. The number of ketones is 1. The number of nitrogens with zero attached hydrogens (tertiary/aromatic N) is 2. The number of pyridine rings is 1. The SMILES string of the molecule is O=C1CC(c2ccsc2)(c2cccc(Nc3ccc(F)c(Cl)c3)n2)N(S)C(=O)C1c1ccccc1Cl. The number of rotatable bonds is 5. The number of thiophene rings is 1. The zero-order valence-corrected chi connectivity index (χ0v) is 21.7. The molecule has 1 aliphatic heterocycles. The van der Waals surface area contributed by atoms with E-state index < -0.39 is 23.2 Å². The predicted molar refractivity (Wildman–Crippen MR) is 144 cm³/mol. The largest absolute Gasteiger partial charge is 0.340 e. The highest BCUT2D eigenvalue weighted by Gasteiger charge is 2.53. The quantitative estimate of drug-likeness (QED) is 0.205. The van der Waals surface area contributed by atoms with Gasteiger partial charge < -0.3 is 5.32 Å². The summed E-state index contributed by atoms with van der Waals surface area (Å²) in [5.41, 5.74) is 0.911. The molecule has 1 amide bonds. The lowest BCUT2D eigenvalue weighted by molar-refractivity contribution is -0.142. The van der Waals surface area contributed by atoms with Gasteiger partial charge in [-0.05, 0) is 64.4 Å². The van der Waals surface area contributed by atoms with Gasteiger partial charge >= 0.3 is 0 Å². The van der Waals surface area contributed by atoms with Crippen LogP contribution >= 0.6 is 47.4 Å². The van der Waals surface area contributed by atoms with E-state index in [1.54, 1.807) is 42.5 Å². The molecule has 0 bridgehead atoms. The number of Topliss-reactive ketones (excluding diaryl/α,β-unsaturated/α-hetero) is 1. The van der Waals surface area contributed by atoms with Crippen molar-refractivity contribution in [3.8, 4) is 0 Å². The van der Waals surface area contributed by atoms with Crippen molar-refractivity contribution >= 4 is 70.5 Å². The first-order valence-corrected chi connectivity index (χ1v) is 12.9. The van der Waals surface area contributed by atoms with Gasteiger partial charge in [0.25, 0.3) is 0 Å². The molecular weight excluding hydrogens is 540 g/mol. The van der Waals surface area contributed by atoms with Crippen LogP contribution in [0.15, 0.2) is 77.5 Å². The number of aromatic nitrogens is 1. The van der Waals surface area contributed by atoms with Gasteiger partial charge in [0, 0.05) is 17.1 Å². The predicted octanol–water partition coefficient (Wildman–Crippen LogP) is 7.01. The molecule has 2 aromatic carbocycles. The summed E-state index contributed by atoms with van der Waals surface area (Å²) in [5, 5.41) is 7.17. The fourth-order valence-corrected chi connectivity index (χ4v) is 5.97. The van der Waals surface area contributed by atoms with Gasteiger partial charge in [0.15, 0.2) is 5.78 Å². The molecule has 5 nitrogen and oxygen atoms in total. The number of amides is 1. The number of nitrogens with one attached hydrogen (secondary N) is 1. The molecule has 3 heterocycles. The van der Waals surface area contributed by atoms with Gasteiger partial charge in [-0.1, -0.05) is 60.3 Å². The van der Waals surface area contributed by atoms with E-state index in [0.29, 0.717) is 27.8 Å². The van der Waals surface area contributed by atoms with Crippen LogP contribution in [-0.4, -0.2) is 21.0 Å². The fraction of sp³-hybridized carbons (Fsp3) is 0.115. The van der Waals surface area contributed by atoms with Gasteiger partial charge in [-0.3, -0.25) is 13.9 Å². The van der Waals surface area contributed by atoms with Gasteiger partial charge in [0.2, 0.25) is 5.91 Å². The number of carbonyl (C=O) groups excluding carboxylic acids is 2. The van der Waals surface area contributed by atoms with Crippen LogP contribution in [0.5, 0.6) is 0 Å². The van der Waals surface area contributed by atoms with Crippen LogP contribution in [0.2, 0.25) is 10.0 Å². The third kappa shape index (κ3) is 4.28. The first kappa shape index (κ1) is 24.8. The smallest absolute Gasteiger partial charge is 0.248 e. The maximum absolute atomic E-state index is 13.7. The summed E-state index contributed by atoms with van der Waals surface area (Å²) in [4.78, 5) is 32.0. The highest BCUT2D eigenvalue weighted by molar-refractivity contribution is 7.78. The van der Waals surface area contributed by atoms with Gasteiger partial charge in [0.05, 0.1) is 10.7 Å². The standard InChI is InChI=1S/C26H18Cl2FN3O2S2/c27-18-5-2-1-4-17(18)24-21(33)13-26(32(35)25(24)34,15-10-11-36-14-15)22-6-3-7-23(31-22)30-16-8-9-20(29)19(28)12-16/h1-12,14,24,35H,13H2,(H,30,31). The van der Waals surface area contributed by atoms with Crippen molar-refractivity contribution in [2.45, 2.75) is 17.9 Å². The van der Waals surface area contributed by atoms with Gasteiger partial charge in [-0.15, -0.1) is 0 Å². The van der Waals surface area contributed by atoms with Gasteiger partial charge in [0.1, 0.15) is 23.1 Å². The molecule has 1 aliphatic rings.